The van der Waals surface area contributed by atoms with Gasteiger partial charge in [0.2, 0.25) is 0 Å². The molecule has 1 aliphatic heterocycles. The second kappa shape index (κ2) is 11.3. The van der Waals surface area contributed by atoms with E-state index in [2.05, 4.69) is 4.90 Å². The first-order valence-corrected chi connectivity index (χ1v) is 9.92. The topological polar surface area (TPSA) is 49.9 Å². The number of amides is 1. The van der Waals surface area contributed by atoms with Gasteiger partial charge in [-0.05, 0) is 48.9 Å². The van der Waals surface area contributed by atoms with Crippen LogP contribution in [0.15, 0.2) is 48.5 Å². The van der Waals surface area contributed by atoms with Crippen LogP contribution in [0.25, 0.3) is 0 Å². The predicted octanol–water partition coefficient (Wildman–Crippen LogP) is 3.97. The van der Waals surface area contributed by atoms with E-state index in [0.717, 1.165) is 5.56 Å². The lowest BCUT2D eigenvalue weighted by Gasteiger charge is -2.41. The molecule has 1 atom stereocenters. The zero-order valence-electron chi connectivity index (χ0n) is 16.7. The molecule has 0 radical (unpaired) electrons. The Morgan fingerprint density at radius 2 is 1.77 bits per heavy atom. The van der Waals surface area contributed by atoms with Gasteiger partial charge >= 0.3 is 0 Å². The Balaban J connectivity index is 0.00000320. The minimum absolute atomic E-state index is 0. The van der Waals surface area contributed by atoms with Gasteiger partial charge in [0.15, 0.2) is 6.61 Å². The van der Waals surface area contributed by atoms with Crippen LogP contribution in [0.4, 0.5) is 4.39 Å². The second-order valence-corrected chi connectivity index (χ2v) is 7.68. The van der Waals surface area contributed by atoms with Crippen molar-refractivity contribution in [2.24, 2.45) is 0 Å². The first-order valence-electron chi connectivity index (χ1n) is 9.55. The van der Waals surface area contributed by atoms with Crippen LogP contribution in [0.2, 0.25) is 5.02 Å². The van der Waals surface area contributed by atoms with E-state index in [0.29, 0.717) is 43.4 Å². The van der Waals surface area contributed by atoms with Gasteiger partial charge in [-0.1, -0.05) is 23.7 Å². The first kappa shape index (κ1) is 24.1. The number of hydrogen-bond acceptors (Lipinski definition) is 4. The Bertz CT molecular complexity index is 846. The van der Waals surface area contributed by atoms with Crippen LogP contribution in [0.3, 0.4) is 0 Å². The number of rotatable bonds is 7. The van der Waals surface area contributed by atoms with E-state index >= 15 is 0 Å². The largest absolute Gasteiger partial charge is 0.484 e. The number of carbonyl (C=O) groups is 2. The van der Waals surface area contributed by atoms with Crippen molar-refractivity contribution in [3.8, 4) is 5.75 Å². The quantitative estimate of drug-likeness (QED) is 0.634. The number of ether oxygens (including phenoxy) is 1. The van der Waals surface area contributed by atoms with Gasteiger partial charge in [0.1, 0.15) is 17.3 Å². The molecule has 3 rings (SSSR count). The predicted molar refractivity (Wildman–Crippen MR) is 117 cm³/mol. The Morgan fingerprint density at radius 3 is 2.40 bits per heavy atom. The molecule has 0 saturated carbocycles. The maximum atomic E-state index is 13.1. The van der Waals surface area contributed by atoms with Crippen molar-refractivity contribution in [3.05, 3.63) is 64.9 Å². The Hall–Kier alpha value is -2.15. The highest BCUT2D eigenvalue weighted by Gasteiger charge is 2.30. The van der Waals surface area contributed by atoms with Crippen LogP contribution >= 0.6 is 24.0 Å². The van der Waals surface area contributed by atoms with Gasteiger partial charge in [-0.2, -0.15) is 0 Å². The second-order valence-electron chi connectivity index (χ2n) is 7.24. The van der Waals surface area contributed by atoms with Gasteiger partial charge < -0.3 is 9.64 Å². The summed E-state index contributed by atoms with van der Waals surface area (Å²) in [6.07, 6.45) is 0.364. The molecule has 0 spiro atoms. The summed E-state index contributed by atoms with van der Waals surface area (Å²) in [5.41, 5.74) is 0.978. The fourth-order valence-corrected chi connectivity index (χ4v) is 3.57. The third kappa shape index (κ3) is 6.97. The zero-order chi connectivity index (χ0) is 20.8. The van der Waals surface area contributed by atoms with Gasteiger partial charge in [-0.3, -0.25) is 14.5 Å². The van der Waals surface area contributed by atoms with Crippen molar-refractivity contribution < 1.29 is 18.7 Å². The number of nitrogens with zero attached hydrogens (tertiary/aromatic N) is 2. The summed E-state index contributed by atoms with van der Waals surface area (Å²) in [5.74, 6) is 0.267. The van der Waals surface area contributed by atoms with Crippen molar-refractivity contribution in [1.82, 2.24) is 9.80 Å². The molecule has 2 aromatic rings. The normalized spacial score (nSPS) is 16.6. The van der Waals surface area contributed by atoms with E-state index in [-0.39, 0.29) is 42.6 Å². The van der Waals surface area contributed by atoms with E-state index in [4.69, 9.17) is 16.3 Å². The molecule has 0 bridgehead atoms. The number of halogens is 3. The minimum atomic E-state index is -0.273. The molecule has 0 aromatic heterocycles. The van der Waals surface area contributed by atoms with Crippen molar-refractivity contribution >= 4 is 35.7 Å². The summed E-state index contributed by atoms with van der Waals surface area (Å²) in [6.45, 7) is 3.76. The number of carbonyl (C=O) groups excluding carboxylic acids is 2. The lowest BCUT2D eigenvalue weighted by Crippen LogP contribution is -2.55. The lowest BCUT2D eigenvalue weighted by molar-refractivity contribution is -0.137. The number of Topliss-reactive ketones (excluding diaryl/α,β-unsaturated/α-hetero) is 1. The van der Waals surface area contributed by atoms with Crippen LogP contribution in [0.5, 0.6) is 5.75 Å². The molecular weight excluding hydrogens is 430 g/mol. The van der Waals surface area contributed by atoms with E-state index in [1.807, 2.05) is 0 Å². The maximum Gasteiger partial charge on any atom is 0.260 e. The van der Waals surface area contributed by atoms with E-state index in [9.17, 15) is 14.0 Å². The highest BCUT2D eigenvalue weighted by molar-refractivity contribution is 6.30. The Labute approximate surface area is 187 Å². The fraction of sp³-hybridized carbons (Fsp3) is 0.364. The fourth-order valence-electron chi connectivity index (χ4n) is 3.44. The molecular formula is C22H25Cl2FN2O3. The van der Waals surface area contributed by atoms with Gasteiger partial charge in [-0.15, -0.1) is 12.4 Å². The first-order chi connectivity index (χ1) is 13.9. The van der Waals surface area contributed by atoms with Crippen LogP contribution in [0.1, 0.15) is 18.9 Å². The summed E-state index contributed by atoms with van der Waals surface area (Å²) >= 11 is 5.85. The summed E-state index contributed by atoms with van der Waals surface area (Å²) < 4.78 is 18.7. The highest BCUT2D eigenvalue weighted by atomic mass is 35.5. The Kier molecular flexibility index (Phi) is 9.08. The van der Waals surface area contributed by atoms with E-state index < -0.39 is 0 Å². The van der Waals surface area contributed by atoms with Crippen molar-refractivity contribution in [2.45, 2.75) is 25.9 Å². The standard InChI is InChI=1S/C22H24ClFN2O3.ClH/c1-16(27)12-20-14-26(22(28)15-29-21-8-4-18(23)5-9-21)11-10-25(20)13-17-2-6-19(24)7-3-17;/h2-9,20H,10-15H2,1H3;1H. The third-order valence-corrected chi connectivity index (χ3v) is 5.21. The van der Waals surface area contributed by atoms with Crippen molar-refractivity contribution in [2.75, 3.05) is 26.2 Å². The average molecular weight is 455 g/mol. The van der Waals surface area contributed by atoms with Gasteiger partial charge in [0.05, 0.1) is 0 Å². The van der Waals surface area contributed by atoms with Gasteiger partial charge in [0, 0.05) is 43.7 Å². The smallest absolute Gasteiger partial charge is 0.260 e. The molecule has 1 fully saturated rings. The van der Waals surface area contributed by atoms with Crippen molar-refractivity contribution in [3.63, 3.8) is 0 Å². The van der Waals surface area contributed by atoms with Gasteiger partial charge in [-0.25, -0.2) is 4.39 Å². The Morgan fingerprint density at radius 1 is 1.10 bits per heavy atom. The monoisotopic (exact) mass is 454 g/mol. The van der Waals surface area contributed by atoms with E-state index in [1.165, 1.54) is 12.1 Å². The number of ketones is 1. The van der Waals surface area contributed by atoms with Crippen molar-refractivity contribution in [1.29, 1.82) is 0 Å². The molecule has 5 nitrogen and oxygen atoms in total. The molecule has 2 aromatic carbocycles. The molecule has 162 valence electrons. The summed E-state index contributed by atoms with van der Waals surface area (Å²) in [6, 6.07) is 13.1. The number of piperazine rings is 1. The average Bonchev–Trinajstić information content (AvgIpc) is 2.70. The molecule has 1 unspecified atom stereocenters. The van der Waals surface area contributed by atoms with Crippen LogP contribution in [0, 0.1) is 5.82 Å². The summed E-state index contributed by atoms with van der Waals surface area (Å²) in [7, 11) is 0. The minimum Gasteiger partial charge on any atom is -0.484 e. The molecule has 1 heterocycles. The lowest BCUT2D eigenvalue weighted by atomic mass is 10.0. The van der Waals surface area contributed by atoms with Crippen LogP contribution in [-0.4, -0.2) is 53.8 Å². The third-order valence-electron chi connectivity index (χ3n) is 4.96. The van der Waals surface area contributed by atoms with Gasteiger partial charge in [0.25, 0.3) is 5.91 Å². The number of hydrogen-bond donors (Lipinski definition) is 0. The zero-order valence-corrected chi connectivity index (χ0v) is 18.3. The molecule has 0 N–H and O–H groups in total. The molecule has 0 aliphatic carbocycles. The molecule has 1 saturated heterocycles. The molecule has 1 amide bonds. The maximum absolute atomic E-state index is 13.1. The SMILES string of the molecule is CC(=O)CC1CN(C(=O)COc2ccc(Cl)cc2)CCN1Cc1ccc(F)cc1.Cl. The molecule has 1 aliphatic rings. The summed E-state index contributed by atoms with van der Waals surface area (Å²) in [5, 5.41) is 0.605. The number of benzene rings is 2. The highest BCUT2D eigenvalue weighted by Crippen LogP contribution is 2.19. The van der Waals surface area contributed by atoms with Crippen LogP contribution < -0.4 is 4.74 Å². The van der Waals surface area contributed by atoms with Crippen LogP contribution in [-0.2, 0) is 16.1 Å². The molecule has 8 heteroatoms. The summed E-state index contributed by atoms with van der Waals surface area (Å²) in [4.78, 5) is 28.3. The molecule has 30 heavy (non-hydrogen) atoms. The van der Waals surface area contributed by atoms with E-state index in [1.54, 1.807) is 48.2 Å².